The first kappa shape index (κ1) is 40.8. The molecule has 0 radical (unpaired) electrons. The Hall–Kier alpha value is -1.42. The highest BCUT2D eigenvalue weighted by atomic mass is 16.6. The maximum Gasteiger partial charge on any atom is 0.122 e. The van der Waals surface area contributed by atoms with Crippen LogP contribution in [0, 0.1) is 0 Å². The zero-order valence-corrected chi connectivity index (χ0v) is 30.0. The molecule has 1 aromatic rings. The van der Waals surface area contributed by atoms with Gasteiger partial charge < -0.3 is 38.3 Å². The summed E-state index contributed by atoms with van der Waals surface area (Å²) in [7, 11) is 0. The zero-order valence-electron chi connectivity index (χ0n) is 30.0. The summed E-state index contributed by atoms with van der Waals surface area (Å²) in [6, 6.07) is 7.91. The number of epoxide rings is 1. The van der Waals surface area contributed by atoms with Crippen LogP contribution in [-0.2, 0) is 23.7 Å². The molecule has 8 heteroatoms. The molecule has 1 N–H and O–H groups in total. The lowest BCUT2D eigenvalue weighted by Crippen LogP contribution is -2.32. The van der Waals surface area contributed by atoms with Crippen molar-refractivity contribution >= 4 is 0 Å². The molecular weight excluding hydrogens is 584 g/mol. The SMILES string of the molecule is CCC(C)(CCCOc1cccc(OCCCOCCCCCCOC(C)(CC)CC(C)O)c1)OCCCCCCOCC1CO1. The van der Waals surface area contributed by atoms with Gasteiger partial charge in [-0.3, -0.25) is 0 Å². The highest BCUT2D eigenvalue weighted by Crippen LogP contribution is 2.25. The number of unbranched alkanes of at least 4 members (excludes halogenated alkanes) is 6. The summed E-state index contributed by atoms with van der Waals surface area (Å²) in [5.74, 6) is 1.67. The molecule has 1 saturated heterocycles. The van der Waals surface area contributed by atoms with Crippen LogP contribution in [0.3, 0.4) is 0 Å². The predicted octanol–water partition coefficient (Wildman–Crippen LogP) is 8.31. The Bertz CT molecular complexity index is 863. The van der Waals surface area contributed by atoms with Crippen molar-refractivity contribution in [3.8, 4) is 11.5 Å². The van der Waals surface area contributed by atoms with Crippen molar-refractivity contribution < 1.29 is 38.3 Å². The minimum absolute atomic E-state index is 0.102. The van der Waals surface area contributed by atoms with Gasteiger partial charge in [-0.05, 0) is 84.3 Å². The lowest BCUT2D eigenvalue weighted by Gasteiger charge is -2.30. The maximum atomic E-state index is 9.67. The standard InChI is InChI=1S/C38H68O8/c1-6-37(4,45-27-14-11-9-13-23-41-31-36-32-44-36)21-17-25-42-34-19-16-20-35(29-34)43-26-18-24-40-22-12-8-10-15-28-46-38(5,7-2)30-33(3)39/h16,19-20,29,33,36,39H,6-15,17-18,21-28,30-32H2,1-5H3. The Kier molecular flexibility index (Phi) is 21.9. The Balaban J connectivity index is 1.43. The highest BCUT2D eigenvalue weighted by molar-refractivity contribution is 5.32. The number of hydrogen-bond donors (Lipinski definition) is 1. The molecule has 4 atom stereocenters. The molecule has 268 valence electrons. The van der Waals surface area contributed by atoms with Crippen molar-refractivity contribution in [1.82, 2.24) is 0 Å². The van der Waals surface area contributed by atoms with Crippen LogP contribution in [-0.4, -0.2) is 88.0 Å². The van der Waals surface area contributed by atoms with Gasteiger partial charge in [0.1, 0.15) is 17.6 Å². The van der Waals surface area contributed by atoms with Crippen LogP contribution in [0.5, 0.6) is 11.5 Å². The first-order valence-corrected chi connectivity index (χ1v) is 18.4. The average Bonchev–Trinajstić information content (AvgIpc) is 3.87. The second-order valence-corrected chi connectivity index (χ2v) is 13.5. The van der Waals surface area contributed by atoms with Crippen molar-refractivity contribution in [1.29, 1.82) is 0 Å². The van der Waals surface area contributed by atoms with Gasteiger partial charge >= 0.3 is 0 Å². The lowest BCUT2D eigenvalue weighted by atomic mass is 9.96. The van der Waals surface area contributed by atoms with Gasteiger partial charge in [-0.1, -0.05) is 45.6 Å². The molecule has 0 amide bonds. The van der Waals surface area contributed by atoms with E-state index in [1.54, 1.807) is 0 Å². The van der Waals surface area contributed by atoms with Crippen LogP contribution in [0.1, 0.15) is 125 Å². The van der Waals surface area contributed by atoms with E-state index >= 15 is 0 Å². The Morgan fingerprint density at radius 2 is 1.24 bits per heavy atom. The summed E-state index contributed by atoms with van der Waals surface area (Å²) in [6.45, 7) is 17.3. The molecular formula is C38H68O8. The number of aliphatic hydroxyl groups excluding tert-OH is 1. The van der Waals surface area contributed by atoms with Crippen LogP contribution < -0.4 is 9.47 Å². The molecule has 0 aromatic heterocycles. The molecule has 1 fully saturated rings. The number of rotatable bonds is 32. The quantitative estimate of drug-likeness (QED) is 0.0614. The van der Waals surface area contributed by atoms with Crippen LogP contribution in [0.15, 0.2) is 24.3 Å². The molecule has 1 heterocycles. The fraction of sp³-hybridized carbons (Fsp3) is 0.842. The molecule has 46 heavy (non-hydrogen) atoms. The van der Waals surface area contributed by atoms with E-state index in [1.807, 2.05) is 31.2 Å². The summed E-state index contributed by atoms with van der Waals surface area (Å²) in [5.41, 5.74) is -0.321. The molecule has 0 bridgehead atoms. The molecule has 1 aromatic carbocycles. The highest BCUT2D eigenvalue weighted by Gasteiger charge is 2.25. The third-order valence-electron chi connectivity index (χ3n) is 8.82. The van der Waals surface area contributed by atoms with Gasteiger partial charge in [0, 0.05) is 51.9 Å². The van der Waals surface area contributed by atoms with E-state index in [0.29, 0.717) is 32.3 Å². The number of benzene rings is 1. The van der Waals surface area contributed by atoms with Crippen molar-refractivity contribution in [3.63, 3.8) is 0 Å². The third-order valence-corrected chi connectivity index (χ3v) is 8.82. The van der Waals surface area contributed by atoms with E-state index in [1.165, 1.54) is 12.8 Å². The number of aliphatic hydroxyl groups is 1. The predicted molar refractivity (Wildman–Crippen MR) is 185 cm³/mol. The normalized spacial score (nSPS) is 17.7. The molecule has 1 aliphatic rings. The number of hydrogen-bond acceptors (Lipinski definition) is 8. The smallest absolute Gasteiger partial charge is 0.122 e. The van der Waals surface area contributed by atoms with Gasteiger partial charge in [0.25, 0.3) is 0 Å². The molecule has 0 spiro atoms. The van der Waals surface area contributed by atoms with E-state index < -0.39 is 0 Å². The van der Waals surface area contributed by atoms with Gasteiger partial charge in [0.15, 0.2) is 0 Å². The van der Waals surface area contributed by atoms with Gasteiger partial charge in [0.05, 0.1) is 43.7 Å². The lowest BCUT2D eigenvalue weighted by molar-refractivity contribution is -0.0627. The molecule has 1 aliphatic heterocycles. The zero-order chi connectivity index (χ0) is 33.4. The minimum Gasteiger partial charge on any atom is -0.493 e. The summed E-state index contributed by atoms with van der Waals surface area (Å²) in [4.78, 5) is 0. The summed E-state index contributed by atoms with van der Waals surface area (Å²) in [5, 5.41) is 9.67. The van der Waals surface area contributed by atoms with E-state index in [4.69, 9.17) is 33.2 Å². The summed E-state index contributed by atoms with van der Waals surface area (Å²) in [6.07, 6.45) is 14.4. The monoisotopic (exact) mass is 652 g/mol. The van der Waals surface area contributed by atoms with Crippen molar-refractivity contribution in [3.05, 3.63) is 24.3 Å². The second kappa shape index (κ2) is 24.7. The topological polar surface area (TPSA) is 88.1 Å². The summed E-state index contributed by atoms with van der Waals surface area (Å²) < 4.78 is 40.9. The van der Waals surface area contributed by atoms with Crippen LogP contribution in [0.2, 0.25) is 0 Å². The molecule has 2 rings (SSSR count). The van der Waals surface area contributed by atoms with Crippen molar-refractivity contribution in [2.45, 2.75) is 148 Å². The third kappa shape index (κ3) is 20.7. The largest absolute Gasteiger partial charge is 0.493 e. The Morgan fingerprint density at radius 1 is 0.717 bits per heavy atom. The molecule has 8 nitrogen and oxygen atoms in total. The molecule has 0 aliphatic carbocycles. The molecule has 4 unspecified atom stereocenters. The average molecular weight is 653 g/mol. The van der Waals surface area contributed by atoms with E-state index in [0.717, 1.165) is 122 Å². The van der Waals surface area contributed by atoms with Crippen molar-refractivity contribution in [2.75, 3.05) is 59.5 Å². The van der Waals surface area contributed by atoms with Crippen molar-refractivity contribution in [2.24, 2.45) is 0 Å². The van der Waals surface area contributed by atoms with Gasteiger partial charge in [-0.2, -0.15) is 0 Å². The van der Waals surface area contributed by atoms with Gasteiger partial charge in [-0.25, -0.2) is 0 Å². The number of ether oxygens (including phenoxy) is 7. The maximum absolute atomic E-state index is 9.67. The van der Waals surface area contributed by atoms with E-state index in [-0.39, 0.29) is 17.3 Å². The Morgan fingerprint density at radius 3 is 1.80 bits per heavy atom. The fourth-order valence-electron chi connectivity index (χ4n) is 5.36. The minimum atomic E-state index is -0.328. The summed E-state index contributed by atoms with van der Waals surface area (Å²) >= 11 is 0. The first-order valence-electron chi connectivity index (χ1n) is 18.4. The molecule has 0 saturated carbocycles. The van der Waals surface area contributed by atoms with E-state index in [9.17, 15) is 5.11 Å². The fourth-order valence-corrected chi connectivity index (χ4v) is 5.36. The Labute approximate surface area is 281 Å². The van der Waals surface area contributed by atoms with Crippen LogP contribution in [0.25, 0.3) is 0 Å². The van der Waals surface area contributed by atoms with E-state index in [2.05, 4.69) is 27.7 Å². The van der Waals surface area contributed by atoms with Gasteiger partial charge in [-0.15, -0.1) is 0 Å². The van der Waals surface area contributed by atoms with Crippen LogP contribution >= 0.6 is 0 Å². The second-order valence-electron chi connectivity index (χ2n) is 13.5. The van der Waals surface area contributed by atoms with Gasteiger partial charge in [0.2, 0.25) is 0 Å². The van der Waals surface area contributed by atoms with Crippen LogP contribution in [0.4, 0.5) is 0 Å². The first-order chi connectivity index (χ1) is 22.3.